The molecule has 1 N–H and O–H groups in total. The molecule has 0 aromatic heterocycles. The summed E-state index contributed by atoms with van der Waals surface area (Å²) in [6.07, 6.45) is 0. The third-order valence-electron chi connectivity index (χ3n) is 2.79. The maximum atomic E-state index is 13.3. The summed E-state index contributed by atoms with van der Waals surface area (Å²) in [5.74, 6) is -0.552. The Kier molecular flexibility index (Phi) is 4.91. The van der Waals surface area contributed by atoms with Crippen LogP contribution in [0.2, 0.25) is 0 Å². The second kappa shape index (κ2) is 5.80. The minimum Gasteiger partial charge on any atom is -0.336 e. The Labute approximate surface area is 114 Å². The summed E-state index contributed by atoms with van der Waals surface area (Å²) in [6, 6.07) is 4.65. The highest BCUT2D eigenvalue weighted by Gasteiger charge is 2.26. The average molecular weight is 324 g/mol. The molecule has 1 saturated heterocycles. The smallest absolute Gasteiger partial charge is 0.254 e. The molecule has 0 radical (unpaired) electrons. The molecule has 0 atom stereocenters. The molecule has 1 fully saturated rings. The Morgan fingerprint density at radius 1 is 1.53 bits per heavy atom. The second-order valence-corrected chi connectivity index (χ2v) is 4.71. The second-order valence-electron chi connectivity index (χ2n) is 3.86. The molecule has 1 amide bonds. The van der Waals surface area contributed by atoms with E-state index in [1.165, 1.54) is 6.07 Å². The molecule has 0 bridgehead atoms. The van der Waals surface area contributed by atoms with Gasteiger partial charge in [-0.3, -0.25) is 4.79 Å². The average Bonchev–Trinajstić information content (AvgIpc) is 2.18. The standard InChI is InChI=1S/C11H12BrFN2O.ClH/c1-15(8-5-14-6-8)11(16)7-2-3-9(12)10(13)4-7;/h2-4,8,14H,5-6H2,1H3;1H. The van der Waals surface area contributed by atoms with Crippen molar-refractivity contribution in [1.29, 1.82) is 0 Å². The maximum Gasteiger partial charge on any atom is 0.254 e. The number of likely N-dealkylation sites (N-methyl/N-ethyl adjacent to an activating group) is 1. The summed E-state index contributed by atoms with van der Waals surface area (Å²) >= 11 is 3.06. The van der Waals surface area contributed by atoms with E-state index in [4.69, 9.17) is 0 Å². The van der Waals surface area contributed by atoms with E-state index in [-0.39, 0.29) is 24.4 Å². The largest absolute Gasteiger partial charge is 0.336 e. The minimum absolute atomic E-state index is 0. The molecule has 6 heteroatoms. The van der Waals surface area contributed by atoms with Crippen LogP contribution in [0.15, 0.2) is 22.7 Å². The molecule has 3 nitrogen and oxygen atoms in total. The van der Waals surface area contributed by atoms with Crippen molar-refractivity contribution in [3.8, 4) is 0 Å². The third-order valence-corrected chi connectivity index (χ3v) is 3.44. The van der Waals surface area contributed by atoms with E-state index in [2.05, 4.69) is 21.2 Å². The van der Waals surface area contributed by atoms with Crippen molar-refractivity contribution in [2.24, 2.45) is 0 Å². The van der Waals surface area contributed by atoms with Gasteiger partial charge in [0.05, 0.1) is 10.5 Å². The summed E-state index contributed by atoms with van der Waals surface area (Å²) in [5, 5.41) is 3.09. The van der Waals surface area contributed by atoms with Crippen LogP contribution in [0.4, 0.5) is 4.39 Å². The number of nitrogens with one attached hydrogen (secondary N) is 1. The lowest BCUT2D eigenvalue weighted by Gasteiger charge is -2.35. The first kappa shape index (κ1) is 14.4. The number of hydrogen-bond acceptors (Lipinski definition) is 2. The summed E-state index contributed by atoms with van der Waals surface area (Å²) in [6.45, 7) is 1.61. The van der Waals surface area contributed by atoms with E-state index in [0.717, 1.165) is 13.1 Å². The molecule has 17 heavy (non-hydrogen) atoms. The number of halogens is 3. The predicted octanol–water partition coefficient (Wildman–Crippen LogP) is 2.05. The van der Waals surface area contributed by atoms with Gasteiger partial charge in [0.15, 0.2) is 0 Å². The third kappa shape index (κ3) is 2.97. The predicted molar refractivity (Wildman–Crippen MR) is 70.1 cm³/mol. The number of amides is 1. The van der Waals surface area contributed by atoms with Crippen molar-refractivity contribution in [1.82, 2.24) is 10.2 Å². The van der Waals surface area contributed by atoms with Gasteiger partial charge in [0.25, 0.3) is 5.91 Å². The van der Waals surface area contributed by atoms with Gasteiger partial charge in [0.2, 0.25) is 0 Å². The van der Waals surface area contributed by atoms with Crippen molar-refractivity contribution in [3.05, 3.63) is 34.1 Å². The molecule has 94 valence electrons. The van der Waals surface area contributed by atoms with Crippen molar-refractivity contribution >= 4 is 34.2 Å². The lowest BCUT2D eigenvalue weighted by atomic mass is 10.1. The van der Waals surface area contributed by atoms with Crippen LogP contribution in [-0.4, -0.2) is 37.0 Å². The number of carbonyl (C=O) groups is 1. The van der Waals surface area contributed by atoms with Crippen molar-refractivity contribution < 1.29 is 9.18 Å². The van der Waals surface area contributed by atoms with Gasteiger partial charge in [-0.25, -0.2) is 4.39 Å². The molecule has 1 aromatic carbocycles. The molecular formula is C11H13BrClFN2O. The number of rotatable bonds is 2. The Bertz CT molecular complexity index is 426. The maximum absolute atomic E-state index is 13.3. The Morgan fingerprint density at radius 2 is 2.18 bits per heavy atom. The van der Waals surface area contributed by atoms with Crippen molar-refractivity contribution in [2.45, 2.75) is 6.04 Å². The van der Waals surface area contributed by atoms with Crippen LogP contribution in [0.3, 0.4) is 0 Å². The van der Waals surface area contributed by atoms with Crippen LogP contribution in [0, 0.1) is 5.82 Å². The van der Waals surface area contributed by atoms with Crippen LogP contribution in [0.1, 0.15) is 10.4 Å². The molecule has 1 heterocycles. The molecule has 0 unspecified atom stereocenters. The van der Waals surface area contributed by atoms with Crippen molar-refractivity contribution in [3.63, 3.8) is 0 Å². The molecule has 0 aliphatic carbocycles. The highest BCUT2D eigenvalue weighted by molar-refractivity contribution is 9.10. The highest BCUT2D eigenvalue weighted by Crippen LogP contribution is 2.18. The monoisotopic (exact) mass is 322 g/mol. The van der Waals surface area contributed by atoms with Gasteiger partial charge in [-0.1, -0.05) is 0 Å². The molecule has 0 saturated carbocycles. The zero-order valence-electron chi connectivity index (χ0n) is 9.24. The van der Waals surface area contributed by atoms with Crippen molar-refractivity contribution in [2.75, 3.05) is 20.1 Å². The highest BCUT2D eigenvalue weighted by atomic mass is 79.9. The topological polar surface area (TPSA) is 32.3 Å². The van der Waals surface area contributed by atoms with E-state index in [1.54, 1.807) is 24.1 Å². The molecule has 1 aliphatic rings. The molecule has 0 spiro atoms. The fourth-order valence-corrected chi connectivity index (χ4v) is 1.79. The van der Waals surface area contributed by atoms with Gasteiger partial charge in [0.1, 0.15) is 5.82 Å². The number of hydrogen-bond donors (Lipinski definition) is 1. The normalized spacial score (nSPS) is 14.8. The molecule has 2 rings (SSSR count). The van der Waals surface area contributed by atoms with Gasteiger partial charge in [0, 0.05) is 25.7 Å². The number of carbonyl (C=O) groups excluding carboxylic acids is 1. The van der Waals surface area contributed by atoms with E-state index >= 15 is 0 Å². The van der Waals surface area contributed by atoms with Gasteiger partial charge in [-0.15, -0.1) is 12.4 Å². The number of benzene rings is 1. The summed E-state index contributed by atoms with van der Waals surface area (Å²) < 4.78 is 13.6. The molecular weight excluding hydrogens is 310 g/mol. The van der Waals surface area contributed by atoms with E-state index < -0.39 is 5.82 Å². The quantitative estimate of drug-likeness (QED) is 0.903. The lowest BCUT2D eigenvalue weighted by Crippen LogP contribution is -2.57. The summed E-state index contributed by atoms with van der Waals surface area (Å²) in [7, 11) is 1.74. The Morgan fingerprint density at radius 3 is 2.65 bits per heavy atom. The summed E-state index contributed by atoms with van der Waals surface area (Å²) in [4.78, 5) is 13.6. The van der Waals surface area contributed by atoms with Crippen LogP contribution < -0.4 is 5.32 Å². The van der Waals surface area contributed by atoms with E-state index in [0.29, 0.717) is 10.0 Å². The van der Waals surface area contributed by atoms with Gasteiger partial charge < -0.3 is 10.2 Å². The van der Waals surface area contributed by atoms with E-state index in [9.17, 15) is 9.18 Å². The minimum atomic E-state index is -0.411. The molecule has 1 aromatic rings. The van der Waals surface area contributed by atoms with Gasteiger partial charge >= 0.3 is 0 Å². The fourth-order valence-electron chi connectivity index (χ4n) is 1.55. The fraction of sp³-hybridized carbons (Fsp3) is 0.364. The van der Waals surface area contributed by atoms with Gasteiger partial charge in [-0.2, -0.15) is 0 Å². The lowest BCUT2D eigenvalue weighted by molar-refractivity contribution is 0.0680. The van der Waals surface area contributed by atoms with Crippen LogP contribution >= 0.6 is 28.3 Å². The zero-order valence-corrected chi connectivity index (χ0v) is 11.6. The Hall–Kier alpha value is -0.650. The molecule has 1 aliphatic heterocycles. The SMILES string of the molecule is CN(C(=O)c1ccc(Br)c(F)c1)C1CNC1.Cl. The van der Waals surface area contributed by atoms with Crippen LogP contribution in [0.5, 0.6) is 0 Å². The van der Waals surface area contributed by atoms with E-state index in [1.807, 2.05) is 0 Å². The first-order chi connectivity index (χ1) is 7.59. The first-order valence-electron chi connectivity index (χ1n) is 5.02. The van der Waals surface area contributed by atoms with Gasteiger partial charge in [-0.05, 0) is 34.1 Å². The Balaban J connectivity index is 0.00000144. The first-order valence-corrected chi connectivity index (χ1v) is 5.82. The number of nitrogens with zero attached hydrogens (tertiary/aromatic N) is 1. The van der Waals surface area contributed by atoms with Crippen LogP contribution in [-0.2, 0) is 0 Å². The van der Waals surface area contributed by atoms with Crippen LogP contribution in [0.25, 0.3) is 0 Å². The summed E-state index contributed by atoms with van der Waals surface area (Å²) in [5.41, 5.74) is 0.384. The zero-order chi connectivity index (χ0) is 11.7.